The standard InChI is InChI=1S/C16H14BrNO3/c1-10(11-5-3-2-4-6-11)15(19)18-14-8-7-12(16(20)21)9-13(14)17/h2-10H,1H3,(H,18,19)(H,20,21). The highest BCUT2D eigenvalue weighted by Crippen LogP contribution is 2.25. The molecule has 2 aromatic carbocycles. The minimum atomic E-state index is -1.01. The van der Waals surface area contributed by atoms with Crippen LogP contribution >= 0.6 is 15.9 Å². The summed E-state index contributed by atoms with van der Waals surface area (Å²) in [5.41, 5.74) is 1.64. The highest BCUT2D eigenvalue weighted by atomic mass is 79.9. The average molecular weight is 348 g/mol. The third-order valence-electron chi connectivity index (χ3n) is 3.17. The average Bonchev–Trinajstić information content (AvgIpc) is 2.49. The number of hydrogen-bond donors (Lipinski definition) is 2. The lowest BCUT2D eigenvalue weighted by atomic mass is 10.0. The summed E-state index contributed by atoms with van der Waals surface area (Å²) in [6.07, 6.45) is 0. The molecule has 0 saturated heterocycles. The van der Waals surface area contributed by atoms with Gasteiger partial charge in [0.1, 0.15) is 0 Å². The van der Waals surface area contributed by atoms with Gasteiger partial charge >= 0.3 is 5.97 Å². The molecule has 0 saturated carbocycles. The molecule has 1 unspecified atom stereocenters. The van der Waals surface area contributed by atoms with E-state index in [2.05, 4.69) is 21.2 Å². The summed E-state index contributed by atoms with van der Waals surface area (Å²) in [5.74, 6) is -1.45. The summed E-state index contributed by atoms with van der Waals surface area (Å²) in [4.78, 5) is 23.1. The third-order valence-corrected chi connectivity index (χ3v) is 3.82. The Bertz CT molecular complexity index is 670. The second-order valence-electron chi connectivity index (χ2n) is 4.62. The van der Waals surface area contributed by atoms with Crippen LogP contribution in [0.5, 0.6) is 0 Å². The summed E-state index contributed by atoms with van der Waals surface area (Å²) in [6.45, 7) is 1.82. The highest BCUT2D eigenvalue weighted by molar-refractivity contribution is 9.10. The van der Waals surface area contributed by atoms with Crippen LogP contribution in [0.3, 0.4) is 0 Å². The van der Waals surface area contributed by atoms with Crippen LogP contribution in [0.25, 0.3) is 0 Å². The number of aromatic carboxylic acids is 1. The summed E-state index contributed by atoms with van der Waals surface area (Å²) < 4.78 is 0.538. The first kappa shape index (κ1) is 15.3. The largest absolute Gasteiger partial charge is 0.478 e. The molecule has 2 N–H and O–H groups in total. The zero-order chi connectivity index (χ0) is 15.4. The predicted molar refractivity (Wildman–Crippen MR) is 84.6 cm³/mol. The molecule has 1 amide bonds. The topological polar surface area (TPSA) is 66.4 Å². The Morgan fingerprint density at radius 2 is 1.81 bits per heavy atom. The minimum Gasteiger partial charge on any atom is -0.478 e. The molecule has 1 atom stereocenters. The van der Waals surface area contributed by atoms with E-state index in [0.717, 1.165) is 5.56 Å². The normalized spacial score (nSPS) is 11.7. The molecule has 0 fully saturated rings. The second-order valence-corrected chi connectivity index (χ2v) is 5.48. The molecule has 0 radical (unpaired) electrons. The molecule has 108 valence electrons. The van der Waals surface area contributed by atoms with Crippen LogP contribution in [0, 0.1) is 0 Å². The molecule has 2 rings (SSSR count). The van der Waals surface area contributed by atoms with Crippen LogP contribution in [-0.2, 0) is 4.79 Å². The van der Waals surface area contributed by atoms with Crippen LogP contribution in [0.1, 0.15) is 28.8 Å². The molecule has 5 heteroatoms. The van der Waals surface area contributed by atoms with Gasteiger partial charge in [-0.3, -0.25) is 4.79 Å². The van der Waals surface area contributed by atoms with Crippen molar-refractivity contribution in [1.29, 1.82) is 0 Å². The molecule has 0 heterocycles. The Kier molecular flexibility index (Phi) is 4.75. The van der Waals surface area contributed by atoms with Crippen molar-refractivity contribution in [2.24, 2.45) is 0 Å². The van der Waals surface area contributed by atoms with Crippen LogP contribution in [-0.4, -0.2) is 17.0 Å². The summed E-state index contributed by atoms with van der Waals surface area (Å²) in [7, 11) is 0. The molecule has 21 heavy (non-hydrogen) atoms. The van der Waals surface area contributed by atoms with E-state index in [1.54, 1.807) is 6.07 Å². The smallest absolute Gasteiger partial charge is 0.335 e. The van der Waals surface area contributed by atoms with Gasteiger partial charge in [-0.05, 0) is 46.6 Å². The number of anilines is 1. The number of carboxylic acids is 1. The molecule has 0 aliphatic carbocycles. The van der Waals surface area contributed by atoms with Crippen molar-refractivity contribution in [3.8, 4) is 0 Å². The molecule has 0 aliphatic heterocycles. The number of carboxylic acid groups (broad SMARTS) is 1. The maximum atomic E-state index is 12.2. The van der Waals surface area contributed by atoms with E-state index < -0.39 is 5.97 Å². The Morgan fingerprint density at radius 1 is 1.14 bits per heavy atom. The minimum absolute atomic E-state index is 0.148. The van der Waals surface area contributed by atoms with Crippen molar-refractivity contribution >= 4 is 33.5 Å². The lowest BCUT2D eigenvalue weighted by Crippen LogP contribution is -2.19. The Labute approximate surface area is 130 Å². The van der Waals surface area contributed by atoms with Gasteiger partial charge in [-0.1, -0.05) is 30.3 Å². The molecule has 4 nitrogen and oxygen atoms in total. The monoisotopic (exact) mass is 347 g/mol. The molecule has 0 aromatic heterocycles. The number of hydrogen-bond acceptors (Lipinski definition) is 2. The molecule has 2 aromatic rings. The van der Waals surface area contributed by atoms with Gasteiger partial charge in [0.15, 0.2) is 0 Å². The molecule has 0 spiro atoms. The quantitative estimate of drug-likeness (QED) is 0.881. The van der Waals surface area contributed by atoms with Gasteiger partial charge in [-0.25, -0.2) is 4.79 Å². The molecular weight excluding hydrogens is 334 g/mol. The number of carbonyl (C=O) groups is 2. The number of carbonyl (C=O) groups excluding carboxylic acids is 1. The Hall–Kier alpha value is -2.14. The summed E-state index contributed by atoms with van der Waals surface area (Å²) in [6, 6.07) is 14.0. The van der Waals surface area contributed by atoms with Crippen LogP contribution in [0.2, 0.25) is 0 Å². The Balaban J connectivity index is 2.15. The van der Waals surface area contributed by atoms with Crippen molar-refractivity contribution in [1.82, 2.24) is 0 Å². The summed E-state index contributed by atoms with van der Waals surface area (Å²) >= 11 is 3.27. The second kappa shape index (κ2) is 6.54. The summed E-state index contributed by atoms with van der Waals surface area (Å²) in [5, 5.41) is 11.7. The van der Waals surface area contributed by atoms with E-state index in [4.69, 9.17) is 5.11 Å². The van der Waals surface area contributed by atoms with Crippen LogP contribution in [0.15, 0.2) is 53.0 Å². The fraction of sp³-hybridized carbons (Fsp3) is 0.125. The van der Waals surface area contributed by atoms with Crippen molar-refractivity contribution < 1.29 is 14.7 Å². The lowest BCUT2D eigenvalue weighted by Gasteiger charge is -2.13. The van der Waals surface area contributed by atoms with Crippen molar-refractivity contribution in [2.75, 3.05) is 5.32 Å². The molecule has 0 bridgehead atoms. The van der Waals surface area contributed by atoms with Crippen molar-refractivity contribution in [3.05, 3.63) is 64.1 Å². The van der Waals surface area contributed by atoms with Gasteiger partial charge in [0.2, 0.25) is 5.91 Å². The first-order valence-electron chi connectivity index (χ1n) is 6.37. The maximum absolute atomic E-state index is 12.2. The van der Waals surface area contributed by atoms with E-state index in [1.807, 2.05) is 37.3 Å². The van der Waals surface area contributed by atoms with Gasteiger partial charge in [0.25, 0.3) is 0 Å². The van der Waals surface area contributed by atoms with E-state index in [-0.39, 0.29) is 17.4 Å². The first-order valence-corrected chi connectivity index (χ1v) is 7.17. The number of rotatable bonds is 4. The predicted octanol–water partition coefficient (Wildman–Crippen LogP) is 3.89. The molecular formula is C16H14BrNO3. The SMILES string of the molecule is CC(C(=O)Nc1ccc(C(=O)O)cc1Br)c1ccccc1. The van der Waals surface area contributed by atoms with Gasteiger partial charge in [-0.2, -0.15) is 0 Å². The Morgan fingerprint density at radius 3 is 2.38 bits per heavy atom. The number of amides is 1. The van der Waals surface area contributed by atoms with E-state index in [1.165, 1.54) is 12.1 Å². The lowest BCUT2D eigenvalue weighted by molar-refractivity contribution is -0.117. The van der Waals surface area contributed by atoms with E-state index in [9.17, 15) is 9.59 Å². The molecule has 0 aliphatic rings. The van der Waals surface area contributed by atoms with Crippen LogP contribution in [0.4, 0.5) is 5.69 Å². The van der Waals surface area contributed by atoms with Crippen molar-refractivity contribution in [3.63, 3.8) is 0 Å². The number of halogens is 1. The number of nitrogens with one attached hydrogen (secondary N) is 1. The fourth-order valence-corrected chi connectivity index (χ4v) is 2.36. The van der Waals surface area contributed by atoms with E-state index in [0.29, 0.717) is 10.2 Å². The first-order chi connectivity index (χ1) is 9.99. The van der Waals surface area contributed by atoms with Gasteiger partial charge < -0.3 is 10.4 Å². The van der Waals surface area contributed by atoms with Crippen molar-refractivity contribution in [2.45, 2.75) is 12.8 Å². The van der Waals surface area contributed by atoms with Gasteiger partial charge in [0.05, 0.1) is 17.2 Å². The van der Waals surface area contributed by atoms with Gasteiger partial charge in [-0.15, -0.1) is 0 Å². The maximum Gasteiger partial charge on any atom is 0.335 e. The zero-order valence-electron chi connectivity index (χ0n) is 11.3. The van der Waals surface area contributed by atoms with Gasteiger partial charge in [0, 0.05) is 4.47 Å². The highest BCUT2D eigenvalue weighted by Gasteiger charge is 2.16. The van der Waals surface area contributed by atoms with E-state index >= 15 is 0 Å². The zero-order valence-corrected chi connectivity index (χ0v) is 12.9. The van der Waals surface area contributed by atoms with Crippen LogP contribution < -0.4 is 5.32 Å². The number of benzene rings is 2. The third kappa shape index (κ3) is 3.70. The fourth-order valence-electron chi connectivity index (χ4n) is 1.88.